The highest BCUT2D eigenvalue weighted by atomic mass is 35.5. The van der Waals surface area contributed by atoms with Gasteiger partial charge in [0.25, 0.3) is 0 Å². The molecule has 0 fully saturated rings. The summed E-state index contributed by atoms with van der Waals surface area (Å²) in [6, 6.07) is 7.38. The van der Waals surface area contributed by atoms with Crippen LogP contribution in [0.3, 0.4) is 0 Å². The molecule has 0 aliphatic heterocycles. The molecule has 1 aromatic carbocycles. The highest BCUT2D eigenvalue weighted by Crippen LogP contribution is 2.19. The molecule has 1 rings (SSSR count). The molecule has 1 N–H and O–H groups in total. The Morgan fingerprint density at radius 3 is 2.84 bits per heavy atom. The van der Waals surface area contributed by atoms with E-state index < -0.39 is 0 Å². The van der Waals surface area contributed by atoms with Gasteiger partial charge in [0.2, 0.25) is 5.91 Å². The van der Waals surface area contributed by atoms with Gasteiger partial charge in [-0.25, -0.2) is 0 Å². The molecular weight excluding hydrogens is 266 g/mol. The second-order valence-corrected chi connectivity index (χ2v) is 4.58. The Labute approximate surface area is 119 Å². The van der Waals surface area contributed by atoms with Crippen LogP contribution in [0.25, 0.3) is 0 Å². The molecule has 0 aromatic heterocycles. The Hall–Kier alpha value is -1.42. The summed E-state index contributed by atoms with van der Waals surface area (Å²) in [5, 5.41) is 2.81. The fourth-order valence-corrected chi connectivity index (χ4v) is 1.66. The SMILES string of the molecule is COc1cccc(OC(C)CNC(=O)CCCCl)c1. The quantitative estimate of drug-likeness (QED) is 0.747. The van der Waals surface area contributed by atoms with Gasteiger partial charge in [-0.2, -0.15) is 0 Å². The van der Waals surface area contributed by atoms with Crippen LogP contribution in [0.2, 0.25) is 0 Å². The second-order valence-electron chi connectivity index (χ2n) is 4.20. The summed E-state index contributed by atoms with van der Waals surface area (Å²) in [6.45, 7) is 2.37. The number of carbonyl (C=O) groups excluding carboxylic acids is 1. The van der Waals surface area contributed by atoms with Crippen LogP contribution in [-0.2, 0) is 4.79 Å². The molecule has 1 unspecified atom stereocenters. The molecule has 4 nitrogen and oxygen atoms in total. The van der Waals surface area contributed by atoms with E-state index in [9.17, 15) is 4.79 Å². The van der Waals surface area contributed by atoms with Gasteiger partial charge in [-0.05, 0) is 25.5 Å². The Kier molecular flexibility index (Phi) is 7.11. The Morgan fingerprint density at radius 1 is 1.42 bits per heavy atom. The maximum Gasteiger partial charge on any atom is 0.220 e. The van der Waals surface area contributed by atoms with Crippen molar-refractivity contribution in [3.63, 3.8) is 0 Å². The third-order valence-electron chi connectivity index (χ3n) is 2.50. The predicted octanol–water partition coefficient (Wildman–Crippen LogP) is 2.60. The molecule has 0 saturated carbocycles. The molecule has 0 spiro atoms. The normalized spacial score (nSPS) is 11.7. The minimum atomic E-state index is -0.105. The smallest absolute Gasteiger partial charge is 0.220 e. The molecule has 0 radical (unpaired) electrons. The molecule has 0 aliphatic rings. The molecule has 19 heavy (non-hydrogen) atoms. The predicted molar refractivity (Wildman–Crippen MR) is 76.0 cm³/mol. The molecule has 5 heteroatoms. The summed E-state index contributed by atoms with van der Waals surface area (Å²) in [4.78, 5) is 11.4. The van der Waals surface area contributed by atoms with Gasteiger partial charge in [-0.3, -0.25) is 4.79 Å². The van der Waals surface area contributed by atoms with Gasteiger partial charge in [0.05, 0.1) is 13.7 Å². The number of methoxy groups -OCH3 is 1. The molecule has 0 saturated heterocycles. The highest BCUT2D eigenvalue weighted by molar-refractivity contribution is 6.17. The molecule has 0 bridgehead atoms. The van der Waals surface area contributed by atoms with E-state index in [0.717, 1.165) is 11.5 Å². The molecule has 106 valence electrons. The largest absolute Gasteiger partial charge is 0.497 e. The zero-order chi connectivity index (χ0) is 14.1. The Bertz CT molecular complexity index is 398. The van der Waals surface area contributed by atoms with Gasteiger partial charge >= 0.3 is 0 Å². The standard InChI is InChI=1S/C14H20ClNO3/c1-11(10-16-14(17)7-4-8-15)19-13-6-3-5-12(9-13)18-2/h3,5-6,9,11H,4,7-8,10H2,1-2H3,(H,16,17). The zero-order valence-corrected chi connectivity index (χ0v) is 12.1. The van der Waals surface area contributed by atoms with Gasteiger partial charge < -0.3 is 14.8 Å². The number of amides is 1. The van der Waals surface area contributed by atoms with Crippen LogP contribution in [0.1, 0.15) is 19.8 Å². The monoisotopic (exact) mass is 285 g/mol. The topological polar surface area (TPSA) is 47.6 Å². The summed E-state index contributed by atoms with van der Waals surface area (Å²) in [5.41, 5.74) is 0. The number of hydrogen-bond acceptors (Lipinski definition) is 3. The van der Waals surface area contributed by atoms with Crippen molar-refractivity contribution in [2.24, 2.45) is 0 Å². The van der Waals surface area contributed by atoms with E-state index >= 15 is 0 Å². The highest BCUT2D eigenvalue weighted by Gasteiger charge is 2.07. The fourth-order valence-electron chi connectivity index (χ4n) is 1.52. The van der Waals surface area contributed by atoms with E-state index in [1.54, 1.807) is 7.11 Å². The van der Waals surface area contributed by atoms with Crippen molar-refractivity contribution < 1.29 is 14.3 Å². The van der Waals surface area contributed by atoms with E-state index in [1.807, 2.05) is 31.2 Å². The summed E-state index contributed by atoms with van der Waals surface area (Å²) < 4.78 is 10.8. The lowest BCUT2D eigenvalue weighted by Crippen LogP contribution is -2.33. The number of ether oxygens (including phenoxy) is 2. The average molecular weight is 286 g/mol. The van der Waals surface area contributed by atoms with Crippen molar-refractivity contribution in [3.05, 3.63) is 24.3 Å². The second kappa shape index (κ2) is 8.64. The summed E-state index contributed by atoms with van der Waals surface area (Å²) in [5.74, 6) is 1.97. The number of rotatable bonds is 8. The number of benzene rings is 1. The maximum absolute atomic E-state index is 11.4. The van der Waals surface area contributed by atoms with Crippen molar-refractivity contribution in [1.29, 1.82) is 0 Å². The van der Waals surface area contributed by atoms with E-state index in [0.29, 0.717) is 25.3 Å². The molecule has 0 heterocycles. The van der Waals surface area contributed by atoms with Crippen LogP contribution in [-0.4, -0.2) is 31.5 Å². The minimum Gasteiger partial charge on any atom is -0.497 e. The summed E-state index contributed by atoms with van der Waals surface area (Å²) >= 11 is 5.53. The number of hydrogen-bond donors (Lipinski definition) is 1. The van der Waals surface area contributed by atoms with E-state index in [1.165, 1.54) is 0 Å². The van der Waals surface area contributed by atoms with Crippen molar-refractivity contribution >= 4 is 17.5 Å². The first kappa shape index (κ1) is 15.6. The minimum absolute atomic E-state index is 0.00161. The van der Waals surface area contributed by atoms with Gasteiger partial charge in [0.1, 0.15) is 17.6 Å². The number of alkyl halides is 1. The van der Waals surface area contributed by atoms with E-state index in [-0.39, 0.29) is 12.0 Å². The molecule has 1 atom stereocenters. The number of nitrogens with one attached hydrogen (secondary N) is 1. The lowest BCUT2D eigenvalue weighted by Gasteiger charge is -2.16. The van der Waals surface area contributed by atoms with Crippen LogP contribution in [0, 0.1) is 0 Å². The maximum atomic E-state index is 11.4. The van der Waals surface area contributed by atoms with Crippen molar-refractivity contribution in [1.82, 2.24) is 5.32 Å². The summed E-state index contributed by atoms with van der Waals surface area (Å²) in [7, 11) is 1.61. The molecule has 0 aliphatic carbocycles. The number of carbonyl (C=O) groups is 1. The first-order chi connectivity index (χ1) is 9.15. The van der Waals surface area contributed by atoms with E-state index in [4.69, 9.17) is 21.1 Å². The van der Waals surface area contributed by atoms with Gasteiger partial charge in [0, 0.05) is 18.4 Å². The third-order valence-corrected chi connectivity index (χ3v) is 2.77. The first-order valence-electron chi connectivity index (χ1n) is 6.29. The molecule has 1 amide bonds. The number of halogens is 1. The van der Waals surface area contributed by atoms with Crippen LogP contribution < -0.4 is 14.8 Å². The molecule has 1 aromatic rings. The average Bonchev–Trinajstić information content (AvgIpc) is 2.43. The van der Waals surface area contributed by atoms with E-state index in [2.05, 4.69) is 5.32 Å². The van der Waals surface area contributed by atoms with Crippen molar-refractivity contribution in [3.8, 4) is 11.5 Å². The van der Waals surface area contributed by atoms with Crippen LogP contribution in [0.5, 0.6) is 11.5 Å². The lowest BCUT2D eigenvalue weighted by atomic mass is 10.3. The van der Waals surface area contributed by atoms with Crippen LogP contribution >= 0.6 is 11.6 Å². The third kappa shape index (κ3) is 6.34. The fraction of sp³-hybridized carbons (Fsp3) is 0.500. The summed E-state index contributed by atoms with van der Waals surface area (Å²) in [6.07, 6.45) is 1.04. The zero-order valence-electron chi connectivity index (χ0n) is 11.3. The van der Waals surface area contributed by atoms with Crippen LogP contribution in [0.4, 0.5) is 0 Å². The lowest BCUT2D eigenvalue weighted by molar-refractivity contribution is -0.121. The first-order valence-corrected chi connectivity index (χ1v) is 6.82. The molecular formula is C14H20ClNO3. The van der Waals surface area contributed by atoms with Gasteiger partial charge in [-0.15, -0.1) is 11.6 Å². The van der Waals surface area contributed by atoms with Crippen molar-refractivity contribution in [2.45, 2.75) is 25.9 Å². The van der Waals surface area contributed by atoms with Gasteiger partial charge in [0.15, 0.2) is 0 Å². The Morgan fingerprint density at radius 2 is 2.16 bits per heavy atom. The van der Waals surface area contributed by atoms with Crippen LogP contribution in [0.15, 0.2) is 24.3 Å². The Balaban J connectivity index is 2.34. The van der Waals surface area contributed by atoms with Gasteiger partial charge in [-0.1, -0.05) is 6.07 Å². The van der Waals surface area contributed by atoms with Crippen molar-refractivity contribution in [2.75, 3.05) is 19.5 Å².